The zero-order chi connectivity index (χ0) is 13.0. The van der Waals surface area contributed by atoms with Crippen LogP contribution in [0.4, 0.5) is 0 Å². The Labute approximate surface area is 113 Å². The average Bonchev–Trinajstić information content (AvgIpc) is 2.62. The summed E-state index contributed by atoms with van der Waals surface area (Å²) in [5.74, 6) is 0.785. The van der Waals surface area contributed by atoms with E-state index in [-0.39, 0.29) is 0 Å². The molecule has 3 nitrogen and oxygen atoms in total. The van der Waals surface area contributed by atoms with Crippen molar-refractivity contribution in [2.24, 2.45) is 11.7 Å². The van der Waals surface area contributed by atoms with Crippen molar-refractivity contribution >= 4 is 0 Å². The Bertz CT molecular complexity index is 236. The molecule has 0 radical (unpaired) electrons. The van der Waals surface area contributed by atoms with Gasteiger partial charge in [-0.25, -0.2) is 0 Å². The minimum absolute atomic E-state index is 0.419. The molecule has 2 rings (SSSR count). The molecule has 0 aromatic carbocycles. The first kappa shape index (κ1) is 14.3. The Kier molecular flexibility index (Phi) is 5.46. The lowest BCUT2D eigenvalue weighted by Crippen LogP contribution is -2.52. The number of likely N-dealkylation sites (N-methyl/N-ethyl adjacent to an activating group) is 2. The van der Waals surface area contributed by atoms with Crippen LogP contribution in [0.3, 0.4) is 0 Å². The van der Waals surface area contributed by atoms with Crippen molar-refractivity contribution in [2.75, 3.05) is 33.7 Å². The molecule has 1 saturated heterocycles. The molecule has 106 valence electrons. The number of rotatable bonds is 3. The molecule has 2 unspecified atom stereocenters. The van der Waals surface area contributed by atoms with E-state index in [2.05, 4.69) is 23.9 Å². The molecule has 0 spiro atoms. The van der Waals surface area contributed by atoms with Gasteiger partial charge in [0.1, 0.15) is 0 Å². The minimum atomic E-state index is 0.419. The van der Waals surface area contributed by atoms with Crippen LogP contribution in [0.5, 0.6) is 0 Å². The van der Waals surface area contributed by atoms with Crippen molar-refractivity contribution in [2.45, 2.75) is 57.0 Å². The molecule has 3 heteroatoms. The standard InChI is InChI=1S/C15H31N3/c1-17-9-10-18(2)14(12-17)11-15(16)13-7-5-3-4-6-8-13/h13-15H,3-12,16H2,1-2H3. The summed E-state index contributed by atoms with van der Waals surface area (Å²) in [6, 6.07) is 1.09. The maximum atomic E-state index is 6.51. The summed E-state index contributed by atoms with van der Waals surface area (Å²) in [4.78, 5) is 4.96. The van der Waals surface area contributed by atoms with Gasteiger partial charge in [0.25, 0.3) is 0 Å². The van der Waals surface area contributed by atoms with Gasteiger partial charge in [0.05, 0.1) is 0 Å². The van der Waals surface area contributed by atoms with Crippen LogP contribution >= 0.6 is 0 Å². The monoisotopic (exact) mass is 253 g/mol. The SMILES string of the molecule is CN1CCN(C)C(CC(N)C2CCCCCC2)C1. The highest BCUT2D eigenvalue weighted by Crippen LogP contribution is 2.27. The lowest BCUT2D eigenvalue weighted by atomic mass is 9.87. The summed E-state index contributed by atoms with van der Waals surface area (Å²) in [7, 11) is 4.49. The number of nitrogens with zero attached hydrogens (tertiary/aromatic N) is 2. The van der Waals surface area contributed by atoms with Crippen LogP contribution in [0.15, 0.2) is 0 Å². The maximum Gasteiger partial charge on any atom is 0.0235 e. The van der Waals surface area contributed by atoms with Gasteiger partial charge in [-0.3, -0.25) is 0 Å². The Morgan fingerprint density at radius 1 is 1.06 bits per heavy atom. The second kappa shape index (κ2) is 6.88. The van der Waals surface area contributed by atoms with Gasteiger partial charge in [-0.1, -0.05) is 25.7 Å². The molecule has 2 N–H and O–H groups in total. The van der Waals surface area contributed by atoms with E-state index in [1.54, 1.807) is 0 Å². The van der Waals surface area contributed by atoms with Crippen LogP contribution in [0, 0.1) is 5.92 Å². The summed E-state index contributed by atoms with van der Waals surface area (Å²) in [5.41, 5.74) is 6.51. The molecule has 18 heavy (non-hydrogen) atoms. The summed E-state index contributed by atoms with van der Waals surface area (Å²) < 4.78 is 0. The highest BCUT2D eigenvalue weighted by molar-refractivity contribution is 4.85. The van der Waals surface area contributed by atoms with Crippen LogP contribution in [0.25, 0.3) is 0 Å². The molecule has 2 atom stereocenters. The fraction of sp³-hybridized carbons (Fsp3) is 1.00. The zero-order valence-electron chi connectivity index (χ0n) is 12.3. The van der Waals surface area contributed by atoms with Crippen molar-refractivity contribution in [3.8, 4) is 0 Å². The van der Waals surface area contributed by atoms with Crippen LogP contribution in [-0.2, 0) is 0 Å². The second-order valence-electron chi connectivity index (χ2n) is 6.55. The van der Waals surface area contributed by atoms with E-state index in [4.69, 9.17) is 5.73 Å². The predicted molar refractivity (Wildman–Crippen MR) is 77.7 cm³/mol. The highest BCUT2D eigenvalue weighted by atomic mass is 15.3. The molecular formula is C15H31N3. The topological polar surface area (TPSA) is 32.5 Å². The van der Waals surface area contributed by atoms with E-state index in [0.29, 0.717) is 12.1 Å². The van der Waals surface area contributed by atoms with Crippen molar-refractivity contribution in [3.05, 3.63) is 0 Å². The third-order valence-electron chi connectivity index (χ3n) is 5.03. The van der Waals surface area contributed by atoms with Gasteiger partial charge < -0.3 is 15.5 Å². The molecule has 0 amide bonds. The van der Waals surface area contributed by atoms with Crippen LogP contribution < -0.4 is 5.73 Å². The van der Waals surface area contributed by atoms with E-state index in [1.807, 2.05) is 0 Å². The summed E-state index contributed by atoms with van der Waals surface area (Å²) in [6.45, 7) is 3.58. The Morgan fingerprint density at radius 2 is 1.72 bits per heavy atom. The Balaban J connectivity index is 1.82. The average molecular weight is 253 g/mol. The summed E-state index contributed by atoms with van der Waals surface area (Å²) in [6.07, 6.45) is 9.58. The van der Waals surface area contributed by atoms with E-state index < -0.39 is 0 Å². The summed E-state index contributed by atoms with van der Waals surface area (Å²) in [5, 5.41) is 0. The smallest absolute Gasteiger partial charge is 0.0235 e. The van der Waals surface area contributed by atoms with Crippen LogP contribution in [0.2, 0.25) is 0 Å². The molecule has 2 fully saturated rings. The molecule has 1 saturated carbocycles. The first-order chi connectivity index (χ1) is 8.66. The first-order valence-electron chi connectivity index (χ1n) is 7.81. The van der Waals surface area contributed by atoms with E-state index in [1.165, 1.54) is 64.6 Å². The van der Waals surface area contributed by atoms with Crippen LogP contribution in [-0.4, -0.2) is 55.6 Å². The fourth-order valence-corrected chi connectivity index (χ4v) is 3.60. The van der Waals surface area contributed by atoms with Gasteiger partial charge in [-0.05, 0) is 39.3 Å². The quantitative estimate of drug-likeness (QED) is 0.780. The molecule has 0 bridgehead atoms. The van der Waals surface area contributed by atoms with Crippen molar-refractivity contribution < 1.29 is 0 Å². The molecule has 1 heterocycles. The van der Waals surface area contributed by atoms with Gasteiger partial charge in [0.15, 0.2) is 0 Å². The molecule has 1 aliphatic heterocycles. The van der Waals surface area contributed by atoms with E-state index >= 15 is 0 Å². The highest BCUT2D eigenvalue weighted by Gasteiger charge is 2.27. The molecule has 2 aliphatic rings. The van der Waals surface area contributed by atoms with Crippen LogP contribution in [0.1, 0.15) is 44.9 Å². The van der Waals surface area contributed by atoms with Crippen molar-refractivity contribution in [3.63, 3.8) is 0 Å². The largest absolute Gasteiger partial charge is 0.327 e. The van der Waals surface area contributed by atoms with Gasteiger partial charge in [0.2, 0.25) is 0 Å². The number of nitrogens with two attached hydrogens (primary N) is 1. The van der Waals surface area contributed by atoms with Crippen molar-refractivity contribution in [1.82, 2.24) is 9.80 Å². The Hall–Kier alpha value is -0.120. The van der Waals surface area contributed by atoms with Gasteiger partial charge >= 0.3 is 0 Å². The van der Waals surface area contributed by atoms with Gasteiger partial charge in [0, 0.05) is 31.7 Å². The normalized spacial score (nSPS) is 31.2. The first-order valence-corrected chi connectivity index (χ1v) is 7.81. The number of hydrogen-bond donors (Lipinski definition) is 1. The predicted octanol–water partition coefficient (Wildman–Crippen LogP) is 1.92. The molecule has 1 aliphatic carbocycles. The molecule has 0 aromatic rings. The fourth-order valence-electron chi connectivity index (χ4n) is 3.60. The number of hydrogen-bond acceptors (Lipinski definition) is 3. The van der Waals surface area contributed by atoms with E-state index in [0.717, 1.165) is 5.92 Å². The summed E-state index contributed by atoms with van der Waals surface area (Å²) >= 11 is 0. The van der Waals surface area contributed by atoms with Gasteiger partial charge in [-0.15, -0.1) is 0 Å². The third-order valence-corrected chi connectivity index (χ3v) is 5.03. The lowest BCUT2D eigenvalue weighted by Gasteiger charge is -2.40. The number of piperazine rings is 1. The van der Waals surface area contributed by atoms with E-state index in [9.17, 15) is 0 Å². The van der Waals surface area contributed by atoms with Gasteiger partial charge in [-0.2, -0.15) is 0 Å². The maximum absolute atomic E-state index is 6.51. The Morgan fingerprint density at radius 3 is 2.39 bits per heavy atom. The van der Waals surface area contributed by atoms with Crippen molar-refractivity contribution in [1.29, 1.82) is 0 Å². The lowest BCUT2D eigenvalue weighted by molar-refractivity contribution is 0.0978. The molecule has 0 aromatic heterocycles. The minimum Gasteiger partial charge on any atom is -0.327 e. The molecular weight excluding hydrogens is 222 g/mol. The second-order valence-corrected chi connectivity index (χ2v) is 6.55. The third kappa shape index (κ3) is 3.94. The zero-order valence-corrected chi connectivity index (χ0v) is 12.3.